The third kappa shape index (κ3) is 6.78. The Balaban J connectivity index is 1.04. The second kappa shape index (κ2) is 14.0. The number of nitrogens with zero attached hydrogens (tertiary/aromatic N) is 3. The molecule has 1 aliphatic heterocycles. The smallest absolute Gasteiger partial charge is 0.272 e. The number of para-hydroxylation sites is 1. The zero-order chi connectivity index (χ0) is 33.9. The van der Waals surface area contributed by atoms with E-state index in [1.54, 1.807) is 36.8 Å². The maximum Gasteiger partial charge on any atom is 0.272 e. The zero-order valence-electron chi connectivity index (χ0n) is 27.5. The van der Waals surface area contributed by atoms with Crippen LogP contribution in [0.3, 0.4) is 0 Å². The Hall–Kier alpha value is -5.45. The average molecular weight is 671 g/mol. The van der Waals surface area contributed by atoms with Gasteiger partial charge in [-0.25, -0.2) is 4.98 Å². The second-order valence-electron chi connectivity index (χ2n) is 12.3. The summed E-state index contributed by atoms with van der Waals surface area (Å²) in [7, 11) is 3.46. The van der Waals surface area contributed by atoms with Crippen LogP contribution in [0, 0.1) is 0 Å². The van der Waals surface area contributed by atoms with E-state index < -0.39 is 0 Å². The Morgan fingerprint density at radius 3 is 2.59 bits per heavy atom. The summed E-state index contributed by atoms with van der Waals surface area (Å²) in [5.74, 6) is 0.582. The number of carbonyl (C=O) groups excluding carboxylic acids is 2. The normalized spacial score (nSPS) is 14.1. The van der Waals surface area contributed by atoms with Crippen molar-refractivity contribution in [3.8, 4) is 16.9 Å². The fourth-order valence-corrected chi connectivity index (χ4v) is 7.64. The minimum atomic E-state index is -0.229. The number of pyridine rings is 1. The van der Waals surface area contributed by atoms with Gasteiger partial charge in [0.25, 0.3) is 5.91 Å². The van der Waals surface area contributed by atoms with Crippen molar-refractivity contribution in [1.29, 1.82) is 0 Å². The number of likely N-dealkylation sites (tertiary alicyclic amines) is 1. The Bertz CT molecular complexity index is 2180. The van der Waals surface area contributed by atoms with Crippen LogP contribution in [0.15, 0.2) is 96.5 Å². The van der Waals surface area contributed by atoms with Gasteiger partial charge in [-0.05, 0) is 59.7 Å². The third-order valence-electron chi connectivity index (χ3n) is 9.19. The molecule has 0 atom stereocenters. The maximum absolute atomic E-state index is 13.3. The van der Waals surface area contributed by atoms with Crippen LogP contribution in [0.1, 0.15) is 34.5 Å². The minimum absolute atomic E-state index is 0.117. The van der Waals surface area contributed by atoms with Crippen LogP contribution in [-0.2, 0) is 18.4 Å². The highest BCUT2D eigenvalue weighted by molar-refractivity contribution is 7.18. The molecular weight excluding hydrogens is 633 g/mol. The number of hydrogen-bond acceptors (Lipinski definition) is 7. The highest BCUT2D eigenvalue weighted by atomic mass is 32.1. The number of ether oxygens (including phenoxy) is 1. The number of nitrogens with one attached hydrogen (secondary N) is 2. The summed E-state index contributed by atoms with van der Waals surface area (Å²) >= 11 is 1.55. The van der Waals surface area contributed by atoms with Gasteiger partial charge in [-0.1, -0.05) is 54.6 Å². The lowest BCUT2D eigenvalue weighted by Gasteiger charge is -2.32. The van der Waals surface area contributed by atoms with Crippen LogP contribution in [0.4, 0.5) is 11.5 Å². The predicted molar refractivity (Wildman–Crippen MR) is 199 cm³/mol. The van der Waals surface area contributed by atoms with E-state index in [1.807, 2.05) is 71.6 Å². The number of anilines is 2. The van der Waals surface area contributed by atoms with Crippen molar-refractivity contribution < 1.29 is 14.3 Å². The number of carbonyl (C=O) groups is 2. The lowest BCUT2D eigenvalue weighted by molar-refractivity contribution is -0.117. The number of thiophene rings is 1. The standard InChI is InChI=1S/C39H38N6O3S/c1-44-32-11-7-6-10-27(32)20-33(44)39(47)43-31-14-12-26(21-34(31)48-2)30-24-49-37-28(22-41-38(40)36(30)37)13-15-35(46)42-29-16-18-45(19-17-29)23-25-8-4-3-5-9-25/h3-15,20-22,24,29H,16-19,23H2,1-2H3,(H2,40,41)(H,42,46)(H,43,47). The summed E-state index contributed by atoms with van der Waals surface area (Å²) in [6.45, 7) is 2.84. The van der Waals surface area contributed by atoms with E-state index in [2.05, 4.69) is 44.8 Å². The van der Waals surface area contributed by atoms with Gasteiger partial charge in [-0.3, -0.25) is 14.5 Å². The van der Waals surface area contributed by atoms with Crippen LogP contribution >= 0.6 is 11.3 Å². The highest BCUT2D eigenvalue weighted by Crippen LogP contribution is 2.41. The summed E-state index contributed by atoms with van der Waals surface area (Å²) in [5.41, 5.74) is 12.4. The first-order valence-corrected chi connectivity index (χ1v) is 17.2. The first kappa shape index (κ1) is 32.1. The van der Waals surface area contributed by atoms with Gasteiger partial charge in [0.1, 0.15) is 17.3 Å². The molecule has 10 heteroatoms. The number of aryl methyl sites for hydroxylation is 1. The molecule has 3 aromatic carbocycles. The number of nitrogens with two attached hydrogens (primary N) is 1. The van der Waals surface area contributed by atoms with Crippen molar-refractivity contribution in [2.24, 2.45) is 7.05 Å². The van der Waals surface area contributed by atoms with Gasteiger partial charge in [0.15, 0.2) is 0 Å². The van der Waals surface area contributed by atoms with E-state index in [4.69, 9.17) is 10.5 Å². The molecule has 0 radical (unpaired) electrons. The number of hydrogen-bond donors (Lipinski definition) is 3. The van der Waals surface area contributed by atoms with Gasteiger partial charge < -0.3 is 25.7 Å². The third-order valence-corrected chi connectivity index (χ3v) is 10.2. The number of rotatable bonds is 9. The Labute approximate surface area is 289 Å². The number of nitrogen functional groups attached to an aromatic ring is 1. The van der Waals surface area contributed by atoms with E-state index in [-0.39, 0.29) is 17.9 Å². The van der Waals surface area contributed by atoms with Gasteiger partial charge in [-0.15, -0.1) is 11.3 Å². The summed E-state index contributed by atoms with van der Waals surface area (Å²) in [5, 5.41) is 10.0. The van der Waals surface area contributed by atoms with Crippen molar-refractivity contribution in [2.45, 2.75) is 25.4 Å². The molecule has 0 aliphatic carbocycles. The quantitative estimate of drug-likeness (QED) is 0.142. The lowest BCUT2D eigenvalue weighted by atomic mass is 10.0. The molecule has 1 fully saturated rings. The fraction of sp³-hybridized carbons (Fsp3) is 0.205. The predicted octanol–water partition coefficient (Wildman–Crippen LogP) is 7.09. The number of benzene rings is 3. The van der Waals surface area contributed by atoms with Crippen LogP contribution in [0.5, 0.6) is 5.75 Å². The molecule has 0 bridgehead atoms. The summed E-state index contributed by atoms with van der Waals surface area (Å²) in [4.78, 5) is 33.1. The number of fused-ring (bicyclic) bond motifs is 2. The second-order valence-corrected chi connectivity index (χ2v) is 13.2. The molecule has 2 amide bonds. The molecule has 0 spiro atoms. The Kier molecular flexibility index (Phi) is 9.15. The van der Waals surface area contributed by atoms with Crippen LogP contribution in [-0.4, -0.2) is 52.5 Å². The molecular formula is C39H38N6O3S. The van der Waals surface area contributed by atoms with Crippen molar-refractivity contribution >= 4 is 61.7 Å². The number of aromatic nitrogens is 2. The highest BCUT2D eigenvalue weighted by Gasteiger charge is 2.21. The first-order chi connectivity index (χ1) is 23.9. The molecule has 0 saturated carbocycles. The molecule has 9 nitrogen and oxygen atoms in total. The van der Waals surface area contributed by atoms with Gasteiger partial charge >= 0.3 is 0 Å². The van der Waals surface area contributed by atoms with Crippen molar-refractivity contribution in [3.63, 3.8) is 0 Å². The summed E-state index contributed by atoms with van der Waals surface area (Å²) < 4.78 is 8.53. The Morgan fingerprint density at radius 2 is 1.82 bits per heavy atom. The molecule has 6 aromatic rings. The van der Waals surface area contributed by atoms with Gasteiger partial charge in [-0.2, -0.15) is 0 Å². The van der Waals surface area contributed by atoms with Crippen LogP contribution in [0.2, 0.25) is 0 Å². The lowest BCUT2D eigenvalue weighted by Crippen LogP contribution is -2.43. The number of methoxy groups -OCH3 is 1. The molecule has 248 valence electrons. The zero-order valence-corrected chi connectivity index (χ0v) is 28.3. The summed E-state index contributed by atoms with van der Waals surface area (Å²) in [6, 6.07) is 26.1. The van der Waals surface area contributed by atoms with Crippen molar-refractivity contribution in [1.82, 2.24) is 19.8 Å². The van der Waals surface area contributed by atoms with Crippen molar-refractivity contribution in [2.75, 3.05) is 31.2 Å². The summed E-state index contributed by atoms with van der Waals surface area (Å²) in [6.07, 6.45) is 6.93. The van der Waals surface area contributed by atoms with Gasteiger partial charge in [0, 0.05) is 77.1 Å². The largest absolute Gasteiger partial charge is 0.495 e. The van der Waals surface area contributed by atoms with Crippen LogP contribution < -0.4 is 21.1 Å². The maximum atomic E-state index is 13.3. The molecule has 4 heterocycles. The molecule has 1 saturated heterocycles. The van der Waals surface area contributed by atoms with E-state index in [0.29, 0.717) is 22.9 Å². The number of piperidine rings is 1. The topological polar surface area (TPSA) is 115 Å². The monoisotopic (exact) mass is 670 g/mol. The van der Waals surface area contributed by atoms with Crippen LogP contribution in [0.25, 0.3) is 38.2 Å². The Morgan fingerprint density at radius 1 is 1.04 bits per heavy atom. The molecule has 1 aliphatic rings. The minimum Gasteiger partial charge on any atom is -0.495 e. The molecule has 7 rings (SSSR count). The first-order valence-electron chi connectivity index (χ1n) is 16.3. The van der Waals surface area contributed by atoms with Crippen molar-refractivity contribution in [3.05, 3.63) is 113 Å². The molecule has 3 aromatic heterocycles. The van der Waals surface area contributed by atoms with Gasteiger partial charge in [0.05, 0.1) is 12.8 Å². The number of amides is 2. The van der Waals surface area contributed by atoms with E-state index >= 15 is 0 Å². The van der Waals surface area contributed by atoms with E-state index in [0.717, 1.165) is 70.2 Å². The molecule has 49 heavy (non-hydrogen) atoms. The molecule has 4 N–H and O–H groups in total. The van der Waals surface area contributed by atoms with Gasteiger partial charge in [0.2, 0.25) is 5.91 Å². The van der Waals surface area contributed by atoms with E-state index in [9.17, 15) is 9.59 Å². The van der Waals surface area contributed by atoms with E-state index in [1.165, 1.54) is 5.56 Å². The average Bonchev–Trinajstić information content (AvgIpc) is 3.72. The SMILES string of the molecule is COc1cc(-c2csc3c(C=CC(=O)NC4CCN(Cc5ccccc5)CC4)cnc(N)c23)ccc1NC(=O)c1cc2ccccc2n1C. The molecule has 0 unspecified atom stereocenters. The fourth-order valence-electron chi connectivity index (χ4n) is 6.57.